The molecule has 1 aliphatic carbocycles. The van der Waals surface area contributed by atoms with Gasteiger partial charge in [0.1, 0.15) is 25.1 Å². The van der Waals surface area contributed by atoms with Crippen LogP contribution in [0, 0.1) is 12.3 Å². The van der Waals surface area contributed by atoms with Crippen LogP contribution in [0.15, 0.2) is 12.3 Å². The summed E-state index contributed by atoms with van der Waals surface area (Å²) in [7, 11) is 4.07. The summed E-state index contributed by atoms with van der Waals surface area (Å²) in [6.45, 7) is 15.2. The molecule has 1 aromatic rings. The van der Waals surface area contributed by atoms with E-state index in [1.807, 2.05) is 27.4 Å². The van der Waals surface area contributed by atoms with E-state index in [1.54, 1.807) is 6.20 Å². The Morgan fingerprint density at radius 1 is 1.25 bits per heavy atom. The number of ether oxygens (including phenoxy) is 2. The lowest BCUT2D eigenvalue weighted by atomic mass is 9.38. The van der Waals surface area contributed by atoms with E-state index < -0.39 is 5.41 Å². The summed E-state index contributed by atoms with van der Waals surface area (Å²) in [5.74, 6) is 1.04. The van der Waals surface area contributed by atoms with Gasteiger partial charge in [-0.2, -0.15) is 0 Å². The van der Waals surface area contributed by atoms with Gasteiger partial charge in [0, 0.05) is 6.07 Å². The van der Waals surface area contributed by atoms with Crippen LogP contribution >= 0.6 is 0 Å². The molecule has 1 heterocycles. The minimum atomic E-state index is -0.513. The van der Waals surface area contributed by atoms with Gasteiger partial charge in [0.15, 0.2) is 0 Å². The summed E-state index contributed by atoms with van der Waals surface area (Å²) in [5, 5.41) is -0.138. The molecule has 0 unspecified atom stereocenters. The molecule has 2 radical (unpaired) electrons. The van der Waals surface area contributed by atoms with E-state index in [0.717, 1.165) is 24.8 Å². The van der Waals surface area contributed by atoms with E-state index in [4.69, 9.17) is 14.1 Å². The van der Waals surface area contributed by atoms with Gasteiger partial charge in [-0.15, -0.1) is 0 Å². The monoisotopic (exact) mass is 385 g/mol. The van der Waals surface area contributed by atoms with Crippen molar-refractivity contribution in [1.82, 2.24) is 4.98 Å². The Hall–Kier alpha value is -1.65. The standard InChI is InChI=1S/C21H33B2NO4/c1-8-26-18(25)21(10-9-11-21)14-27-17-12-15(2)16(13-24-17)28-23-20(5,6)19(3,4)22-7/h12-13H,8-11,14H2,1-7H3. The number of esters is 1. The highest BCUT2D eigenvalue weighted by Gasteiger charge is 2.46. The molecule has 152 valence electrons. The van der Waals surface area contributed by atoms with Gasteiger partial charge < -0.3 is 14.1 Å². The number of rotatable bonds is 10. The van der Waals surface area contributed by atoms with Crippen LogP contribution in [0.4, 0.5) is 0 Å². The largest absolute Gasteiger partial charge is 0.561 e. The molecule has 0 amide bonds. The molecule has 7 heteroatoms. The molecule has 0 aromatic carbocycles. The van der Waals surface area contributed by atoms with Gasteiger partial charge in [0.25, 0.3) is 0 Å². The van der Waals surface area contributed by atoms with Crippen LogP contribution in [0.3, 0.4) is 0 Å². The number of aryl methyl sites for hydroxylation is 1. The smallest absolute Gasteiger partial charge is 0.375 e. The quantitative estimate of drug-likeness (QED) is 0.434. The molecule has 0 atom stereocenters. The predicted molar refractivity (Wildman–Crippen MR) is 113 cm³/mol. The Bertz CT molecular complexity index is 687. The SMILES string of the molecule is C[B]C(C)(C)C(C)(C)[B]Oc1cnc(OCC2(C(=O)OCC)CCC2)cc1C. The summed E-state index contributed by atoms with van der Waals surface area (Å²) >= 11 is 0. The topological polar surface area (TPSA) is 57.7 Å². The van der Waals surface area contributed by atoms with Gasteiger partial charge in [-0.1, -0.05) is 46.3 Å². The zero-order valence-corrected chi connectivity index (χ0v) is 18.4. The third-order valence-corrected chi connectivity index (χ3v) is 6.42. The number of hydrogen-bond donors (Lipinski definition) is 0. The van der Waals surface area contributed by atoms with E-state index in [9.17, 15) is 4.79 Å². The fourth-order valence-corrected chi connectivity index (χ4v) is 2.96. The van der Waals surface area contributed by atoms with E-state index >= 15 is 0 Å². The minimum Gasteiger partial charge on any atom is -0.561 e. The third kappa shape index (κ3) is 4.84. The van der Waals surface area contributed by atoms with E-state index in [1.165, 1.54) is 0 Å². The van der Waals surface area contributed by atoms with Crippen molar-refractivity contribution in [2.75, 3.05) is 13.2 Å². The molecule has 5 nitrogen and oxygen atoms in total. The Morgan fingerprint density at radius 2 is 1.93 bits per heavy atom. The van der Waals surface area contributed by atoms with Crippen LogP contribution in [-0.4, -0.2) is 38.9 Å². The van der Waals surface area contributed by atoms with Gasteiger partial charge in [-0.25, -0.2) is 4.98 Å². The van der Waals surface area contributed by atoms with Gasteiger partial charge in [-0.05, 0) is 37.6 Å². The summed E-state index contributed by atoms with van der Waals surface area (Å²) in [6.07, 6.45) is 4.32. The molecule has 0 N–H and O–H groups in total. The van der Waals surface area contributed by atoms with Crippen molar-refractivity contribution >= 4 is 20.7 Å². The number of carbonyl (C=O) groups is 1. The average molecular weight is 385 g/mol. The van der Waals surface area contributed by atoms with Crippen molar-refractivity contribution in [1.29, 1.82) is 0 Å². The summed E-state index contributed by atoms with van der Waals surface area (Å²) in [6, 6.07) is 1.85. The molecule has 0 saturated heterocycles. The molecule has 0 spiro atoms. The van der Waals surface area contributed by atoms with Gasteiger partial charge >= 0.3 is 13.5 Å². The van der Waals surface area contributed by atoms with Crippen LogP contribution in [0.2, 0.25) is 17.5 Å². The highest BCUT2D eigenvalue weighted by molar-refractivity contribution is 6.45. The number of hydrogen-bond acceptors (Lipinski definition) is 5. The first-order valence-electron chi connectivity index (χ1n) is 10.1. The Labute approximate surface area is 171 Å². The van der Waals surface area contributed by atoms with Crippen molar-refractivity contribution in [3.8, 4) is 11.6 Å². The maximum Gasteiger partial charge on any atom is 0.375 e. The second-order valence-corrected chi connectivity index (χ2v) is 8.90. The van der Waals surface area contributed by atoms with Crippen molar-refractivity contribution in [3.63, 3.8) is 0 Å². The molecule has 0 bridgehead atoms. The minimum absolute atomic E-state index is 0.00156. The first-order chi connectivity index (χ1) is 13.1. The Balaban J connectivity index is 1.98. The molecule has 1 fully saturated rings. The summed E-state index contributed by atoms with van der Waals surface area (Å²) in [4.78, 5) is 16.6. The predicted octanol–water partition coefficient (Wildman–Crippen LogP) is 4.65. The molecular formula is C21H33B2NO4. The van der Waals surface area contributed by atoms with Crippen LogP contribution in [0.5, 0.6) is 11.6 Å². The fraction of sp³-hybridized carbons (Fsp3) is 0.714. The number of aromatic nitrogens is 1. The highest BCUT2D eigenvalue weighted by atomic mass is 16.5. The molecule has 1 saturated carbocycles. The van der Waals surface area contributed by atoms with Crippen molar-refractivity contribution in [2.45, 2.75) is 78.3 Å². The maximum absolute atomic E-state index is 12.2. The maximum atomic E-state index is 12.2. The zero-order chi connectivity index (χ0) is 21.0. The van der Waals surface area contributed by atoms with Crippen LogP contribution in [-0.2, 0) is 9.53 Å². The lowest BCUT2D eigenvalue weighted by Gasteiger charge is -2.39. The molecule has 1 aromatic heterocycles. The van der Waals surface area contributed by atoms with Crippen LogP contribution in [0.25, 0.3) is 0 Å². The first kappa shape index (κ1) is 22.6. The first-order valence-corrected chi connectivity index (χ1v) is 10.1. The number of carbonyl (C=O) groups excluding carboxylic acids is 1. The average Bonchev–Trinajstić information content (AvgIpc) is 2.60. The Morgan fingerprint density at radius 3 is 2.43 bits per heavy atom. The molecule has 28 heavy (non-hydrogen) atoms. The number of pyridine rings is 1. The Kier molecular flexibility index (Phi) is 7.11. The molecule has 1 aliphatic rings. The van der Waals surface area contributed by atoms with Crippen molar-refractivity contribution in [3.05, 3.63) is 17.8 Å². The van der Waals surface area contributed by atoms with E-state index in [0.29, 0.717) is 24.8 Å². The zero-order valence-electron chi connectivity index (χ0n) is 18.4. The van der Waals surface area contributed by atoms with Crippen molar-refractivity contribution < 1.29 is 18.9 Å². The van der Waals surface area contributed by atoms with Gasteiger partial charge in [0.2, 0.25) is 5.88 Å². The van der Waals surface area contributed by atoms with Crippen LogP contribution < -0.4 is 9.39 Å². The lowest BCUT2D eigenvalue weighted by molar-refractivity contribution is -0.163. The highest BCUT2D eigenvalue weighted by Crippen LogP contribution is 2.49. The lowest BCUT2D eigenvalue weighted by Crippen LogP contribution is -2.44. The molecular weight excluding hydrogens is 352 g/mol. The molecule has 0 aliphatic heterocycles. The normalized spacial score (nSPS) is 16.0. The second-order valence-electron chi connectivity index (χ2n) is 8.90. The fourth-order valence-electron chi connectivity index (χ4n) is 2.96. The van der Waals surface area contributed by atoms with E-state index in [-0.39, 0.29) is 16.6 Å². The summed E-state index contributed by atoms with van der Waals surface area (Å²) < 4.78 is 17.0. The second kappa shape index (κ2) is 8.79. The number of nitrogens with zero attached hydrogens (tertiary/aromatic N) is 1. The van der Waals surface area contributed by atoms with Gasteiger partial charge in [-0.3, -0.25) is 4.79 Å². The van der Waals surface area contributed by atoms with Gasteiger partial charge in [0.05, 0.1) is 12.8 Å². The van der Waals surface area contributed by atoms with Crippen LogP contribution in [0.1, 0.15) is 59.4 Å². The van der Waals surface area contributed by atoms with E-state index in [2.05, 4.69) is 46.8 Å². The van der Waals surface area contributed by atoms with Crippen molar-refractivity contribution in [2.24, 2.45) is 5.41 Å². The third-order valence-electron chi connectivity index (χ3n) is 6.42. The summed E-state index contributed by atoms with van der Waals surface area (Å²) in [5.41, 5.74) is 0.426. The molecule has 2 rings (SSSR count).